The quantitative estimate of drug-likeness (QED) is 0.0913. The number of carbonyl (C=O) groups is 1. The van der Waals surface area contributed by atoms with Crippen LogP contribution in [0.3, 0.4) is 0 Å². The van der Waals surface area contributed by atoms with Crippen molar-refractivity contribution >= 4 is 56.3 Å². The van der Waals surface area contributed by atoms with Gasteiger partial charge in [0.25, 0.3) is 11.5 Å². The summed E-state index contributed by atoms with van der Waals surface area (Å²) in [5.74, 6) is -0.247. The van der Waals surface area contributed by atoms with E-state index in [2.05, 4.69) is 40.9 Å². The van der Waals surface area contributed by atoms with E-state index in [0.717, 1.165) is 32.7 Å². The Balaban J connectivity index is 1.26. The number of rotatable bonds is 6. The summed E-state index contributed by atoms with van der Waals surface area (Å²) in [7, 11) is 0. The summed E-state index contributed by atoms with van der Waals surface area (Å²) in [4.78, 5) is 30.9. The molecule has 39 heavy (non-hydrogen) atoms. The second-order valence-electron chi connectivity index (χ2n) is 9.20. The first-order chi connectivity index (χ1) is 19.1. The van der Waals surface area contributed by atoms with Crippen molar-refractivity contribution in [1.29, 1.82) is 0 Å². The van der Waals surface area contributed by atoms with Crippen LogP contribution in [0, 0.1) is 6.92 Å². The third-order valence-corrected chi connectivity index (χ3v) is 7.50. The van der Waals surface area contributed by atoms with E-state index in [4.69, 9.17) is 4.98 Å². The van der Waals surface area contributed by atoms with Crippen LogP contribution in [-0.2, 0) is 4.79 Å². The van der Waals surface area contributed by atoms with Gasteiger partial charge in [-0.05, 0) is 58.8 Å². The molecule has 0 spiro atoms. The van der Waals surface area contributed by atoms with Gasteiger partial charge in [0.15, 0.2) is 5.16 Å². The number of thioether (sulfide) groups is 1. The zero-order valence-electron chi connectivity index (χ0n) is 21.2. The highest BCUT2D eigenvalue weighted by molar-refractivity contribution is 7.99. The summed E-state index contributed by atoms with van der Waals surface area (Å²) in [5.41, 5.74) is 5.80. The van der Waals surface area contributed by atoms with E-state index in [-0.39, 0.29) is 17.2 Å². The fraction of sp³-hybridized carbons (Fsp3) is 0.0625. The highest BCUT2D eigenvalue weighted by Crippen LogP contribution is 2.27. The largest absolute Gasteiger partial charge is 0.272 e. The molecule has 6 aromatic rings. The first kappa shape index (κ1) is 24.6. The van der Waals surface area contributed by atoms with Crippen molar-refractivity contribution in [2.24, 2.45) is 5.10 Å². The molecule has 7 heteroatoms. The van der Waals surface area contributed by atoms with Gasteiger partial charge in [-0.25, -0.2) is 10.4 Å². The molecule has 0 aliphatic carbocycles. The molecule has 1 aromatic heterocycles. The van der Waals surface area contributed by atoms with Crippen LogP contribution in [0.5, 0.6) is 0 Å². The predicted molar refractivity (Wildman–Crippen MR) is 160 cm³/mol. The van der Waals surface area contributed by atoms with Crippen molar-refractivity contribution in [3.63, 3.8) is 0 Å². The lowest BCUT2D eigenvalue weighted by atomic mass is 9.97. The molecule has 0 bridgehead atoms. The highest BCUT2D eigenvalue weighted by Gasteiger charge is 2.15. The molecule has 0 aliphatic rings. The van der Waals surface area contributed by atoms with Gasteiger partial charge in [0.2, 0.25) is 0 Å². The Labute approximate surface area is 229 Å². The molecule has 0 fully saturated rings. The Morgan fingerprint density at radius 1 is 0.872 bits per heavy atom. The van der Waals surface area contributed by atoms with Crippen LogP contribution in [0.2, 0.25) is 0 Å². The number of aromatic nitrogens is 2. The number of nitrogens with zero attached hydrogens (tertiary/aromatic N) is 3. The summed E-state index contributed by atoms with van der Waals surface area (Å²) >= 11 is 1.20. The van der Waals surface area contributed by atoms with E-state index in [9.17, 15) is 9.59 Å². The fourth-order valence-corrected chi connectivity index (χ4v) is 5.45. The van der Waals surface area contributed by atoms with Crippen molar-refractivity contribution < 1.29 is 4.79 Å². The van der Waals surface area contributed by atoms with E-state index in [0.29, 0.717) is 21.7 Å². The second-order valence-corrected chi connectivity index (χ2v) is 10.1. The van der Waals surface area contributed by atoms with E-state index in [1.54, 1.807) is 22.9 Å². The third kappa shape index (κ3) is 4.92. The summed E-state index contributed by atoms with van der Waals surface area (Å²) in [6.45, 7) is 1.99. The zero-order chi connectivity index (χ0) is 26.8. The summed E-state index contributed by atoms with van der Waals surface area (Å²) in [6.07, 6.45) is 1.70. The van der Waals surface area contributed by atoms with Gasteiger partial charge in [0, 0.05) is 5.56 Å². The van der Waals surface area contributed by atoms with Gasteiger partial charge < -0.3 is 0 Å². The topological polar surface area (TPSA) is 76.3 Å². The minimum absolute atomic E-state index is 0.0459. The van der Waals surface area contributed by atoms with Gasteiger partial charge in [-0.3, -0.25) is 14.2 Å². The maximum absolute atomic E-state index is 13.4. The third-order valence-electron chi connectivity index (χ3n) is 6.57. The molecule has 0 saturated carbocycles. The minimum Gasteiger partial charge on any atom is -0.272 e. The Morgan fingerprint density at radius 2 is 1.49 bits per heavy atom. The van der Waals surface area contributed by atoms with Crippen LogP contribution in [-0.4, -0.2) is 27.4 Å². The number of hydrogen-bond donors (Lipinski definition) is 1. The van der Waals surface area contributed by atoms with Crippen molar-refractivity contribution in [3.05, 3.63) is 125 Å². The first-order valence-corrected chi connectivity index (χ1v) is 13.5. The lowest BCUT2D eigenvalue weighted by molar-refractivity contribution is -0.118. The average molecular weight is 529 g/mol. The van der Waals surface area contributed by atoms with Gasteiger partial charge in [-0.2, -0.15) is 5.10 Å². The number of benzene rings is 5. The summed E-state index contributed by atoms with van der Waals surface area (Å²) < 4.78 is 1.56. The highest BCUT2D eigenvalue weighted by atomic mass is 32.2. The molecule has 1 heterocycles. The zero-order valence-corrected chi connectivity index (χ0v) is 22.0. The van der Waals surface area contributed by atoms with Crippen LogP contribution in [0.1, 0.15) is 11.1 Å². The molecular formula is C32H24N4O2S. The molecule has 1 amide bonds. The number of nitrogens with one attached hydrogen (secondary N) is 1. The predicted octanol–water partition coefficient (Wildman–Crippen LogP) is 6.24. The minimum atomic E-state index is -0.293. The van der Waals surface area contributed by atoms with Crippen LogP contribution >= 0.6 is 11.8 Å². The SMILES string of the molecule is Cc1ccc(-n2c(SCC(=O)N/N=C\c3c4ccccc4cc4ccccc34)nc3ccccc3c2=O)cc1. The van der Waals surface area contributed by atoms with E-state index in [1.807, 2.05) is 67.6 Å². The number of para-hydroxylation sites is 1. The van der Waals surface area contributed by atoms with Gasteiger partial charge in [0.1, 0.15) is 0 Å². The number of fused-ring (bicyclic) bond motifs is 3. The Bertz CT molecular complexity index is 1890. The van der Waals surface area contributed by atoms with Crippen molar-refractivity contribution in [1.82, 2.24) is 15.0 Å². The van der Waals surface area contributed by atoms with Crippen molar-refractivity contribution in [2.75, 3.05) is 5.75 Å². The van der Waals surface area contributed by atoms with Gasteiger partial charge in [0.05, 0.1) is 28.6 Å². The Kier molecular flexibility index (Phi) is 6.65. The molecule has 1 N–H and O–H groups in total. The molecule has 0 saturated heterocycles. The average Bonchev–Trinajstić information content (AvgIpc) is 2.96. The van der Waals surface area contributed by atoms with Crippen LogP contribution in [0.15, 0.2) is 118 Å². The molecule has 0 radical (unpaired) electrons. The lowest BCUT2D eigenvalue weighted by Gasteiger charge is -2.13. The lowest BCUT2D eigenvalue weighted by Crippen LogP contribution is -2.24. The van der Waals surface area contributed by atoms with Crippen LogP contribution < -0.4 is 11.0 Å². The molecule has 0 unspecified atom stereocenters. The molecule has 6 rings (SSSR count). The first-order valence-electron chi connectivity index (χ1n) is 12.5. The normalized spacial score (nSPS) is 11.5. The van der Waals surface area contributed by atoms with Gasteiger partial charge in [-0.15, -0.1) is 0 Å². The molecular weight excluding hydrogens is 504 g/mol. The number of hydrazone groups is 1. The maximum atomic E-state index is 13.4. The van der Waals surface area contributed by atoms with Crippen LogP contribution in [0.25, 0.3) is 38.1 Å². The van der Waals surface area contributed by atoms with Crippen molar-refractivity contribution in [2.45, 2.75) is 12.1 Å². The number of aryl methyl sites for hydroxylation is 1. The standard InChI is InChI=1S/C32H24N4O2S/c1-21-14-16-24(17-15-21)36-31(38)27-12-6-7-13-29(27)34-32(36)39-20-30(37)35-33-19-28-25-10-4-2-8-22(25)18-23-9-3-5-11-26(23)28/h2-19H,20H2,1H3,(H,35,37)/b33-19-. The molecule has 5 aromatic carbocycles. The molecule has 6 nitrogen and oxygen atoms in total. The van der Waals surface area contributed by atoms with Gasteiger partial charge >= 0.3 is 0 Å². The van der Waals surface area contributed by atoms with E-state index >= 15 is 0 Å². The fourth-order valence-electron chi connectivity index (χ4n) is 4.65. The molecule has 0 atom stereocenters. The summed E-state index contributed by atoms with van der Waals surface area (Å²) in [5, 5.41) is 9.59. The number of carbonyl (C=O) groups excluding carboxylic acids is 1. The maximum Gasteiger partial charge on any atom is 0.266 e. The van der Waals surface area contributed by atoms with E-state index < -0.39 is 0 Å². The van der Waals surface area contributed by atoms with Crippen LogP contribution in [0.4, 0.5) is 0 Å². The van der Waals surface area contributed by atoms with Crippen molar-refractivity contribution in [3.8, 4) is 5.69 Å². The Hall–Kier alpha value is -4.75. The second kappa shape index (κ2) is 10.6. The Morgan fingerprint density at radius 3 is 2.18 bits per heavy atom. The monoisotopic (exact) mass is 528 g/mol. The number of hydrogen-bond acceptors (Lipinski definition) is 5. The summed E-state index contributed by atoms with van der Waals surface area (Å²) in [6, 6.07) is 33.3. The smallest absolute Gasteiger partial charge is 0.266 e. The van der Waals surface area contributed by atoms with Gasteiger partial charge in [-0.1, -0.05) is 90.1 Å². The number of amides is 1. The van der Waals surface area contributed by atoms with E-state index in [1.165, 1.54) is 11.8 Å². The molecule has 0 aliphatic heterocycles. The molecule has 190 valence electrons.